The highest BCUT2D eigenvalue weighted by Crippen LogP contribution is 2.22. The molecule has 5 heteroatoms. The summed E-state index contributed by atoms with van der Waals surface area (Å²) < 4.78 is 0. The van der Waals surface area contributed by atoms with E-state index < -0.39 is 0 Å². The van der Waals surface area contributed by atoms with Crippen LogP contribution in [0.3, 0.4) is 0 Å². The van der Waals surface area contributed by atoms with E-state index in [1.54, 1.807) is 12.4 Å². The monoisotopic (exact) mass is 324 g/mol. The van der Waals surface area contributed by atoms with Gasteiger partial charge < -0.3 is 10.2 Å². The van der Waals surface area contributed by atoms with Crippen LogP contribution in [-0.4, -0.2) is 33.9 Å². The van der Waals surface area contributed by atoms with Gasteiger partial charge in [-0.25, -0.2) is 9.97 Å². The summed E-state index contributed by atoms with van der Waals surface area (Å²) in [6.45, 7) is 5.77. The molecule has 1 N–H and O–H groups in total. The van der Waals surface area contributed by atoms with Crippen molar-refractivity contribution in [2.75, 3.05) is 18.4 Å². The van der Waals surface area contributed by atoms with E-state index >= 15 is 0 Å². The Morgan fingerprint density at radius 1 is 1.00 bits per heavy atom. The molecule has 0 atom stereocenters. The Labute approximate surface area is 143 Å². The van der Waals surface area contributed by atoms with E-state index in [1.807, 2.05) is 36.9 Å². The van der Waals surface area contributed by atoms with Gasteiger partial charge in [-0.2, -0.15) is 0 Å². The smallest absolute Gasteiger partial charge is 0.256 e. The second-order valence-corrected chi connectivity index (χ2v) is 6.39. The van der Waals surface area contributed by atoms with Crippen LogP contribution in [0.25, 0.3) is 0 Å². The Balaban J connectivity index is 1.72. The largest absolute Gasteiger partial charge is 0.339 e. The molecular formula is C19H24N4O. The predicted octanol–water partition coefficient (Wildman–Crippen LogP) is 3.85. The standard InChI is InChI=1S/C19H24N4O/c1-14-8-7-9-15(2)17(14)22-19-20-12-16(13-21-19)18(24)23-10-5-3-4-6-11-23/h7-9,12-13H,3-6,10-11H2,1-2H3,(H,20,21,22). The van der Waals surface area contributed by atoms with Gasteiger partial charge in [0.15, 0.2) is 0 Å². The van der Waals surface area contributed by atoms with Crippen LogP contribution in [0.1, 0.15) is 47.2 Å². The highest BCUT2D eigenvalue weighted by atomic mass is 16.2. The molecule has 0 radical (unpaired) electrons. The lowest BCUT2D eigenvalue weighted by molar-refractivity contribution is 0.0761. The number of nitrogens with one attached hydrogen (secondary N) is 1. The number of aromatic nitrogens is 2. The quantitative estimate of drug-likeness (QED) is 0.931. The van der Waals surface area contributed by atoms with Crippen molar-refractivity contribution in [1.82, 2.24) is 14.9 Å². The Morgan fingerprint density at radius 2 is 1.58 bits per heavy atom. The summed E-state index contributed by atoms with van der Waals surface area (Å²) in [6.07, 6.45) is 7.82. The molecule has 2 aromatic rings. The number of likely N-dealkylation sites (tertiary alicyclic amines) is 1. The number of hydrogen-bond donors (Lipinski definition) is 1. The topological polar surface area (TPSA) is 58.1 Å². The molecule has 0 spiro atoms. The van der Waals surface area contributed by atoms with Crippen molar-refractivity contribution >= 4 is 17.5 Å². The van der Waals surface area contributed by atoms with Crippen molar-refractivity contribution in [3.8, 4) is 0 Å². The molecule has 0 saturated carbocycles. The number of para-hydroxylation sites is 1. The number of aryl methyl sites for hydroxylation is 2. The average molecular weight is 324 g/mol. The molecule has 126 valence electrons. The summed E-state index contributed by atoms with van der Waals surface area (Å²) in [5.41, 5.74) is 3.86. The van der Waals surface area contributed by atoms with Crippen LogP contribution in [0.15, 0.2) is 30.6 Å². The van der Waals surface area contributed by atoms with E-state index in [9.17, 15) is 4.79 Å². The Bertz CT molecular complexity index is 684. The third-order valence-electron chi connectivity index (χ3n) is 4.51. The molecule has 1 aromatic heterocycles. The van der Waals surface area contributed by atoms with Gasteiger partial charge in [0.2, 0.25) is 5.95 Å². The fourth-order valence-corrected chi connectivity index (χ4v) is 3.08. The maximum atomic E-state index is 12.6. The Kier molecular flexibility index (Phi) is 5.08. The second-order valence-electron chi connectivity index (χ2n) is 6.39. The van der Waals surface area contributed by atoms with Gasteiger partial charge in [0.25, 0.3) is 5.91 Å². The lowest BCUT2D eigenvalue weighted by Crippen LogP contribution is -2.32. The van der Waals surface area contributed by atoms with Crippen molar-refractivity contribution in [1.29, 1.82) is 0 Å². The second kappa shape index (κ2) is 7.43. The molecule has 3 rings (SSSR count). The van der Waals surface area contributed by atoms with Crippen LogP contribution < -0.4 is 5.32 Å². The molecule has 1 aromatic carbocycles. The van der Waals surface area contributed by atoms with Gasteiger partial charge >= 0.3 is 0 Å². The molecule has 1 amide bonds. The molecule has 0 aliphatic carbocycles. The number of carbonyl (C=O) groups is 1. The van der Waals surface area contributed by atoms with E-state index in [4.69, 9.17) is 0 Å². The van der Waals surface area contributed by atoms with E-state index in [0.717, 1.165) is 42.7 Å². The third-order valence-corrected chi connectivity index (χ3v) is 4.51. The first-order chi connectivity index (χ1) is 11.6. The van der Waals surface area contributed by atoms with Gasteiger partial charge in [0, 0.05) is 31.2 Å². The number of carbonyl (C=O) groups excluding carboxylic acids is 1. The minimum absolute atomic E-state index is 0.0375. The molecule has 0 bridgehead atoms. The van der Waals surface area contributed by atoms with Crippen molar-refractivity contribution in [2.45, 2.75) is 39.5 Å². The van der Waals surface area contributed by atoms with Gasteiger partial charge in [-0.1, -0.05) is 31.0 Å². The molecule has 24 heavy (non-hydrogen) atoms. The van der Waals surface area contributed by atoms with Crippen LogP contribution in [0, 0.1) is 13.8 Å². The Morgan fingerprint density at radius 3 is 2.17 bits per heavy atom. The SMILES string of the molecule is Cc1cccc(C)c1Nc1ncc(C(=O)N2CCCCCC2)cn1. The highest BCUT2D eigenvalue weighted by Gasteiger charge is 2.18. The first kappa shape index (κ1) is 16.4. The Hall–Kier alpha value is -2.43. The normalized spacial score (nSPS) is 15.0. The van der Waals surface area contributed by atoms with Gasteiger partial charge in [0.1, 0.15) is 0 Å². The van der Waals surface area contributed by atoms with Crippen molar-refractivity contribution in [3.63, 3.8) is 0 Å². The average Bonchev–Trinajstić information content (AvgIpc) is 2.88. The van der Waals surface area contributed by atoms with Gasteiger partial charge in [-0.05, 0) is 37.8 Å². The summed E-state index contributed by atoms with van der Waals surface area (Å²) in [7, 11) is 0. The van der Waals surface area contributed by atoms with E-state index in [2.05, 4.69) is 15.3 Å². The zero-order chi connectivity index (χ0) is 16.9. The summed E-state index contributed by atoms with van der Waals surface area (Å²) in [4.78, 5) is 23.1. The molecule has 2 heterocycles. The number of hydrogen-bond acceptors (Lipinski definition) is 4. The van der Waals surface area contributed by atoms with E-state index in [1.165, 1.54) is 12.8 Å². The molecular weight excluding hydrogens is 300 g/mol. The fraction of sp³-hybridized carbons (Fsp3) is 0.421. The highest BCUT2D eigenvalue weighted by molar-refractivity contribution is 5.93. The van der Waals surface area contributed by atoms with Crippen molar-refractivity contribution in [3.05, 3.63) is 47.3 Å². The van der Waals surface area contributed by atoms with Crippen molar-refractivity contribution < 1.29 is 4.79 Å². The number of amides is 1. The van der Waals surface area contributed by atoms with Crippen LogP contribution >= 0.6 is 0 Å². The van der Waals surface area contributed by atoms with Crippen molar-refractivity contribution in [2.24, 2.45) is 0 Å². The predicted molar refractivity (Wildman–Crippen MR) is 95.6 cm³/mol. The molecule has 0 unspecified atom stereocenters. The van der Waals surface area contributed by atoms with Gasteiger partial charge in [-0.15, -0.1) is 0 Å². The van der Waals surface area contributed by atoms with E-state index in [0.29, 0.717) is 11.5 Å². The van der Waals surface area contributed by atoms with E-state index in [-0.39, 0.29) is 5.91 Å². The fourth-order valence-electron chi connectivity index (χ4n) is 3.08. The number of benzene rings is 1. The van der Waals surface area contributed by atoms with Gasteiger partial charge in [-0.3, -0.25) is 4.79 Å². The minimum atomic E-state index is 0.0375. The lowest BCUT2D eigenvalue weighted by atomic mass is 10.1. The minimum Gasteiger partial charge on any atom is -0.339 e. The lowest BCUT2D eigenvalue weighted by Gasteiger charge is -2.20. The van der Waals surface area contributed by atoms with Crippen LogP contribution in [0.5, 0.6) is 0 Å². The summed E-state index contributed by atoms with van der Waals surface area (Å²) >= 11 is 0. The van der Waals surface area contributed by atoms with Crippen LogP contribution in [-0.2, 0) is 0 Å². The molecule has 1 aliphatic rings. The van der Waals surface area contributed by atoms with Gasteiger partial charge in [0.05, 0.1) is 5.56 Å². The first-order valence-corrected chi connectivity index (χ1v) is 8.60. The maximum absolute atomic E-state index is 12.6. The number of nitrogens with zero attached hydrogens (tertiary/aromatic N) is 3. The zero-order valence-corrected chi connectivity index (χ0v) is 14.4. The first-order valence-electron chi connectivity index (χ1n) is 8.60. The molecule has 1 fully saturated rings. The van der Waals surface area contributed by atoms with Crippen LogP contribution in [0.4, 0.5) is 11.6 Å². The molecule has 1 saturated heterocycles. The number of anilines is 2. The van der Waals surface area contributed by atoms with Crippen LogP contribution in [0.2, 0.25) is 0 Å². The molecule has 5 nitrogen and oxygen atoms in total. The summed E-state index contributed by atoms with van der Waals surface area (Å²) in [5, 5.41) is 3.25. The third kappa shape index (κ3) is 3.72. The maximum Gasteiger partial charge on any atom is 0.256 e. The summed E-state index contributed by atoms with van der Waals surface area (Å²) in [5.74, 6) is 0.551. The number of rotatable bonds is 3. The summed E-state index contributed by atoms with van der Waals surface area (Å²) in [6, 6.07) is 6.12. The zero-order valence-electron chi connectivity index (χ0n) is 14.4. The molecule has 1 aliphatic heterocycles.